The molecule has 17 heavy (non-hydrogen) atoms. The van der Waals surface area contributed by atoms with Crippen LogP contribution in [0.25, 0.3) is 0 Å². The van der Waals surface area contributed by atoms with Gasteiger partial charge in [-0.25, -0.2) is 9.97 Å². The van der Waals surface area contributed by atoms with Gasteiger partial charge in [-0.1, -0.05) is 0 Å². The quantitative estimate of drug-likeness (QED) is 0.758. The van der Waals surface area contributed by atoms with Crippen LogP contribution in [0, 0.1) is 6.92 Å². The molecule has 0 atom stereocenters. The van der Waals surface area contributed by atoms with Gasteiger partial charge in [0.05, 0.1) is 0 Å². The molecule has 5 heteroatoms. The van der Waals surface area contributed by atoms with Crippen LogP contribution in [0.15, 0.2) is 22.1 Å². The molecule has 0 saturated heterocycles. The monoisotopic (exact) mass is 309 g/mol. The fraction of sp³-hybridized carbons (Fsp3) is 0.333. The van der Waals surface area contributed by atoms with Crippen LogP contribution in [0.3, 0.4) is 0 Å². The Balaban J connectivity index is 1.91. The van der Waals surface area contributed by atoms with Crippen LogP contribution in [0.1, 0.15) is 16.3 Å². The zero-order valence-corrected chi connectivity index (χ0v) is 11.9. The summed E-state index contributed by atoms with van der Waals surface area (Å²) in [6.07, 6.45) is 1.12. The van der Waals surface area contributed by atoms with Gasteiger partial charge in [0.1, 0.15) is 16.2 Å². The largest absolute Gasteiger partial charge is 0.352 e. The van der Waals surface area contributed by atoms with Gasteiger partial charge in [-0.2, -0.15) is 0 Å². The molecule has 2 aromatic rings. The first-order valence-corrected chi connectivity index (χ1v) is 7.21. The summed E-state index contributed by atoms with van der Waals surface area (Å²) in [5, 5.41) is 2.18. The van der Waals surface area contributed by atoms with Crippen molar-refractivity contribution in [2.45, 2.75) is 19.9 Å². The molecule has 3 nitrogen and oxygen atoms in total. The predicted octanol–water partition coefficient (Wildman–Crippen LogP) is 3.17. The van der Waals surface area contributed by atoms with Crippen LogP contribution in [-0.2, 0) is 13.0 Å². The highest BCUT2D eigenvalue weighted by Gasteiger charge is 2.18. The third kappa shape index (κ3) is 2.21. The van der Waals surface area contributed by atoms with Gasteiger partial charge in [0.25, 0.3) is 0 Å². The van der Waals surface area contributed by atoms with Crippen molar-refractivity contribution in [2.24, 2.45) is 0 Å². The molecular formula is C12H12BrN3S. The van der Waals surface area contributed by atoms with E-state index in [2.05, 4.69) is 42.2 Å². The number of rotatable bonds is 1. The van der Waals surface area contributed by atoms with Gasteiger partial charge < -0.3 is 4.90 Å². The maximum absolute atomic E-state index is 4.50. The number of hydrogen-bond donors (Lipinski definition) is 0. The van der Waals surface area contributed by atoms with Crippen molar-refractivity contribution in [2.75, 3.05) is 11.4 Å². The van der Waals surface area contributed by atoms with E-state index in [0.717, 1.165) is 35.8 Å². The average molecular weight is 310 g/mol. The van der Waals surface area contributed by atoms with Crippen LogP contribution in [0.5, 0.6) is 0 Å². The summed E-state index contributed by atoms with van der Waals surface area (Å²) in [6, 6.07) is 4.21. The standard InChI is InChI=1S/C12H12BrN3S/c1-8-14-11(13)6-12(15-8)16-4-2-10-9(7-16)3-5-17-10/h3,5-6H,2,4,7H2,1H3. The number of anilines is 1. The zero-order chi connectivity index (χ0) is 11.8. The Morgan fingerprint density at radius 1 is 1.41 bits per heavy atom. The van der Waals surface area contributed by atoms with Crippen molar-refractivity contribution < 1.29 is 0 Å². The smallest absolute Gasteiger partial charge is 0.133 e. The third-order valence-corrected chi connectivity index (χ3v) is 4.35. The third-order valence-electron chi connectivity index (χ3n) is 2.92. The number of fused-ring (bicyclic) bond motifs is 1. The van der Waals surface area contributed by atoms with Crippen molar-refractivity contribution in [3.63, 3.8) is 0 Å². The summed E-state index contributed by atoms with van der Waals surface area (Å²) in [6.45, 7) is 3.92. The molecule has 0 aliphatic carbocycles. The van der Waals surface area contributed by atoms with Gasteiger partial charge in [0, 0.05) is 24.0 Å². The highest BCUT2D eigenvalue weighted by atomic mass is 79.9. The number of hydrogen-bond acceptors (Lipinski definition) is 4. The Bertz CT molecular complexity index is 532. The molecule has 0 spiro atoms. The molecule has 88 valence electrons. The molecule has 2 aromatic heterocycles. The second-order valence-corrected chi connectivity index (χ2v) is 5.95. The molecule has 0 aromatic carbocycles. The maximum Gasteiger partial charge on any atom is 0.133 e. The summed E-state index contributed by atoms with van der Waals surface area (Å²) in [5.41, 5.74) is 1.44. The van der Waals surface area contributed by atoms with Crippen LogP contribution < -0.4 is 4.90 Å². The highest BCUT2D eigenvalue weighted by molar-refractivity contribution is 9.10. The Kier molecular flexibility index (Phi) is 2.88. The van der Waals surface area contributed by atoms with E-state index >= 15 is 0 Å². The van der Waals surface area contributed by atoms with Crippen molar-refractivity contribution in [1.29, 1.82) is 0 Å². The molecule has 3 rings (SSSR count). The fourth-order valence-electron chi connectivity index (χ4n) is 2.12. The van der Waals surface area contributed by atoms with Crippen LogP contribution in [-0.4, -0.2) is 16.5 Å². The maximum atomic E-state index is 4.50. The minimum atomic E-state index is 0.811. The van der Waals surface area contributed by atoms with Crippen LogP contribution in [0.2, 0.25) is 0 Å². The number of aromatic nitrogens is 2. The first-order chi connectivity index (χ1) is 8.22. The summed E-state index contributed by atoms with van der Waals surface area (Å²) in [4.78, 5) is 12.6. The molecule has 1 aliphatic heterocycles. The van der Waals surface area contributed by atoms with Gasteiger partial charge >= 0.3 is 0 Å². The van der Waals surface area contributed by atoms with Crippen LogP contribution in [0.4, 0.5) is 5.82 Å². The van der Waals surface area contributed by atoms with E-state index in [1.807, 2.05) is 24.3 Å². The first kappa shape index (κ1) is 11.2. The Morgan fingerprint density at radius 3 is 3.12 bits per heavy atom. The summed E-state index contributed by atoms with van der Waals surface area (Å²) < 4.78 is 0.858. The minimum absolute atomic E-state index is 0.811. The van der Waals surface area contributed by atoms with Gasteiger partial charge in [-0.15, -0.1) is 11.3 Å². The lowest BCUT2D eigenvalue weighted by atomic mass is 10.1. The van der Waals surface area contributed by atoms with Gasteiger partial charge in [-0.05, 0) is 46.3 Å². The van der Waals surface area contributed by atoms with Crippen molar-refractivity contribution in [1.82, 2.24) is 9.97 Å². The molecule has 0 unspecified atom stereocenters. The minimum Gasteiger partial charge on any atom is -0.352 e. The first-order valence-electron chi connectivity index (χ1n) is 5.54. The number of thiophene rings is 1. The van der Waals surface area contributed by atoms with E-state index in [4.69, 9.17) is 0 Å². The summed E-state index contributed by atoms with van der Waals surface area (Å²) in [7, 11) is 0. The fourth-order valence-corrected chi connectivity index (χ4v) is 3.47. The Hall–Kier alpha value is -0.940. The molecule has 0 radical (unpaired) electrons. The topological polar surface area (TPSA) is 29.0 Å². The molecule has 0 N–H and O–H groups in total. The van der Waals surface area contributed by atoms with Crippen molar-refractivity contribution >= 4 is 33.1 Å². The zero-order valence-electron chi connectivity index (χ0n) is 9.48. The SMILES string of the molecule is Cc1nc(Br)cc(N2CCc3sccc3C2)n1. The van der Waals surface area contributed by atoms with E-state index in [1.54, 1.807) is 0 Å². The second kappa shape index (κ2) is 4.38. The van der Waals surface area contributed by atoms with E-state index in [0.29, 0.717) is 0 Å². The normalized spacial score (nSPS) is 14.8. The lowest BCUT2D eigenvalue weighted by Crippen LogP contribution is -2.30. The number of nitrogens with zero attached hydrogens (tertiary/aromatic N) is 3. The van der Waals surface area contributed by atoms with Gasteiger partial charge in [0.2, 0.25) is 0 Å². The summed E-state index contributed by atoms with van der Waals surface area (Å²) in [5.74, 6) is 1.83. The van der Waals surface area contributed by atoms with E-state index in [9.17, 15) is 0 Å². The second-order valence-electron chi connectivity index (χ2n) is 4.14. The number of halogens is 1. The van der Waals surface area contributed by atoms with Gasteiger partial charge in [-0.3, -0.25) is 0 Å². The molecule has 0 bridgehead atoms. The van der Waals surface area contributed by atoms with Crippen molar-refractivity contribution in [3.05, 3.63) is 38.4 Å². The lowest BCUT2D eigenvalue weighted by molar-refractivity contribution is 0.727. The van der Waals surface area contributed by atoms with E-state index in [-0.39, 0.29) is 0 Å². The van der Waals surface area contributed by atoms with Gasteiger partial charge in [0.15, 0.2) is 0 Å². The Labute approximate surface area is 113 Å². The van der Waals surface area contributed by atoms with E-state index in [1.165, 1.54) is 10.4 Å². The molecule has 3 heterocycles. The predicted molar refractivity (Wildman–Crippen MR) is 73.5 cm³/mol. The molecule has 0 saturated carbocycles. The van der Waals surface area contributed by atoms with E-state index < -0.39 is 0 Å². The average Bonchev–Trinajstić information content (AvgIpc) is 2.74. The molecule has 0 amide bonds. The Morgan fingerprint density at radius 2 is 2.29 bits per heavy atom. The number of aryl methyl sites for hydroxylation is 1. The summed E-state index contributed by atoms with van der Waals surface area (Å²) >= 11 is 5.29. The molecular weight excluding hydrogens is 298 g/mol. The lowest BCUT2D eigenvalue weighted by Gasteiger charge is -2.28. The molecule has 1 aliphatic rings. The molecule has 0 fully saturated rings. The van der Waals surface area contributed by atoms with Crippen molar-refractivity contribution in [3.8, 4) is 0 Å². The van der Waals surface area contributed by atoms with Crippen LogP contribution >= 0.6 is 27.3 Å². The highest BCUT2D eigenvalue weighted by Crippen LogP contribution is 2.27.